The summed E-state index contributed by atoms with van der Waals surface area (Å²) in [5.41, 5.74) is 0.552. The molecule has 62 valence electrons. The zero-order valence-electron chi connectivity index (χ0n) is 6.00. The summed E-state index contributed by atoms with van der Waals surface area (Å²) in [6.45, 7) is 0. The summed E-state index contributed by atoms with van der Waals surface area (Å²) in [7, 11) is 0. The number of benzene rings is 1. The smallest absolute Gasteiger partial charge is 0.211 e. The number of hydrogen-bond donors (Lipinski definition) is 0. The van der Waals surface area contributed by atoms with E-state index in [0.29, 0.717) is 5.56 Å². The van der Waals surface area contributed by atoms with Gasteiger partial charge in [0.25, 0.3) is 0 Å². The van der Waals surface area contributed by atoms with Gasteiger partial charge in [-0.25, -0.2) is 4.79 Å². The van der Waals surface area contributed by atoms with Crippen molar-refractivity contribution in [2.75, 3.05) is 0 Å². The fourth-order valence-corrected chi connectivity index (χ4v) is 1.08. The molecule has 0 saturated carbocycles. The fraction of sp³-hybridized carbons (Fsp3) is 0.125. The molecule has 0 aliphatic rings. The minimum atomic E-state index is -1.51. The first-order valence-electron chi connectivity index (χ1n) is 3.19. The number of alkyl halides is 2. The van der Waals surface area contributed by atoms with Gasteiger partial charge in [0.05, 0.1) is 0 Å². The van der Waals surface area contributed by atoms with Crippen molar-refractivity contribution in [3.63, 3.8) is 0 Å². The van der Waals surface area contributed by atoms with Crippen molar-refractivity contribution < 1.29 is 4.79 Å². The molecule has 0 aliphatic heterocycles. The maximum atomic E-state index is 9.93. The Balaban J connectivity index is 3.05. The summed E-state index contributed by atoms with van der Waals surface area (Å²) >= 11 is 11.4. The van der Waals surface area contributed by atoms with E-state index in [4.69, 9.17) is 23.2 Å². The summed E-state index contributed by atoms with van der Waals surface area (Å²) in [5.74, 6) is 0. The summed E-state index contributed by atoms with van der Waals surface area (Å²) in [5, 5.41) is 0. The second-order valence-electron chi connectivity index (χ2n) is 2.11. The molecule has 1 aromatic rings. The Morgan fingerprint density at radius 3 is 2.33 bits per heavy atom. The van der Waals surface area contributed by atoms with E-state index in [0.717, 1.165) is 0 Å². The van der Waals surface area contributed by atoms with Crippen LogP contribution in [0.15, 0.2) is 35.3 Å². The number of carbonyl (C=O) groups excluding carboxylic acids is 1. The standard InChI is InChI=1S/C8H5Cl2NO/c9-8(10,11-6-12)7-4-2-1-3-5-7/h1-5H. The van der Waals surface area contributed by atoms with Crippen LogP contribution in [0.25, 0.3) is 0 Å². The third-order valence-electron chi connectivity index (χ3n) is 1.31. The number of halogens is 2. The Morgan fingerprint density at radius 2 is 1.83 bits per heavy atom. The predicted molar refractivity (Wildman–Crippen MR) is 47.9 cm³/mol. The first-order valence-corrected chi connectivity index (χ1v) is 3.95. The van der Waals surface area contributed by atoms with E-state index in [1.807, 2.05) is 6.07 Å². The van der Waals surface area contributed by atoms with Crippen LogP contribution in [0, 0.1) is 0 Å². The van der Waals surface area contributed by atoms with E-state index in [1.165, 1.54) is 6.08 Å². The lowest BCUT2D eigenvalue weighted by molar-refractivity contribution is 0.561. The van der Waals surface area contributed by atoms with Crippen molar-refractivity contribution in [1.29, 1.82) is 0 Å². The normalized spacial score (nSPS) is 10.5. The van der Waals surface area contributed by atoms with Gasteiger partial charge in [-0.1, -0.05) is 53.5 Å². The second kappa shape index (κ2) is 3.72. The number of aliphatic imine (C=N–C) groups is 1. The molecule has 1 aromatic carbocycles. The molecule has 0 aliphatic carbocycles. The zero-order chi connectivity index (χ0) is 9.03. The van der Waals surface area contributed by atoms with Crippen molar-refractivity contribution in [3.05, 3.63) is 35.9 Å². The van der Waals surface area contributed by atoms with Gasteiger partial charge >= 0.3 is 0 Å². The van der Waals surface area contributed by atoms with Gasteiger partial charge in [0.1, 0.15) is 0 Å². The number of isocyanates is 1. The monoisotopic (exact) mass is 201 g/mol. The molecule has 0 fully saturated rings. The molecule has 0 radical (unpaired) electrons. The van der Waals surface area contributed by atoms with E-state index < -0.39 is 4.46 Å². The van der Waals surface area contributed by atoms with Gasteiger partial charge in [0.2, 0.25) is 10.5 Å². The predicted octanol–water partition coefficient (Wildman–Crippen LogP) is 2.61. The van der Waals surface area contributed by atoms with E-state index in [-0.39, 0.29) is 0 Å². The van der Waals surface area contributed by atoms with Crippen molar-refractivity contribution in [2.45, 2.75) is 4.46 Å². The Hall–Kier alpha value is -0.820. The second-order valence-corrected chi connectivity index (χ2v) is 3.40. The van der Waals surface area contributed by atoms with Crippen molar-refractivity contribution in [2.24, 2.45) is 4.99 Å². The molecular weight excluding hydrogens is 197 g/mol. The molecule has 0 atom stereocenters. The summed E-state index contributed by atoms with van der Waals surface area (Å²) in [6, 6.07) is 8.70. The molecule has 12 heavy (non-hydrogen) atoms. The number of hydrogen-bond acceptors (Lipinski definition) is 2. The van der Waals surface area contributed by atoms with Crippen LogP contribution in [0.2, 0.25) is 0 Å². The Morgan fingerprint density at radius 1 is 1.25 bits per heavy atom. The maximum absolute atomic E-state index is 9.93. The maximum Gasteiger partial charge on any atom is 0.245 e. The van der Waals surface area contributed by atoms with Crippen molar-refractivity contribution in [3.8, 4) is 0 Å². The third-order valence-corrected chi connectivity index (χ3v) is 1.91. The van der Waals surface area contributed by atoms with Gasteiger partial charge in [0.15, 0.2) is 0 Å². The summed E-state index contributed by atoms with van der Waals surface area (Å²) in [6.07, 6.45) is 1.32. The molecule has 1 rings (SSSR count). The van der Waals surface area contributed by atoms with Gasteiger partial charge in [-0.05, 0) is 0 Å². The van der Waals surface area contributed by atoms with Crippen LogP contribution in [0.3, 0.4) is 0 Å². The lowest BCUT2D eigenvalue weighted by Crippen LogP contribution is -2.05. The highest BCUT2D eigenvalue weighted by atomic mass is 35.5. The van der Waals surface area contributed by atoms with E-state index in [2.05, 4.69) is 4.99 Å². The van der Waals surface area contributed by atoms with E-state index >= 15 is 0 Å². The van der Waals surface area contributed by atoms with Gasteiger partial charge in [-0.3, -0.25) is 0 Å². The Kier molecular flexibility index (Phi) is 2.88. The van der Waals surface area contributed by atoms with Gasteiger partial charge in [-0.2, -0.15) is 4.99 Å². The van der Waals surface area contributed by atoms with Crippen LogP contribution in [0.4, 0.5) is 0 Å². The van der Waals surface area contributed by atoms with Crippen LogP contribution < -0.4 is 0 Å². The molecule has 0 aromatic heterocycles. The molecule has 0 N–H and O–H groups in total. The third kappa shape index (κ3) is 2.08. The summed E-state index contributed by atoms with van der Waals surface area (Å²) in [4.78, 5) is 13.2. The van der Waals surface area contributed by atoms with Crippen LogP contribution in [-0.4, -0.2) is 6.08 Å². The molecule has 0 unspecified atom stereocenters. The van der Waals surface area contributed by atoms with E-state index in [1.54, 1.807) is 24.3 Å². The largest absolute Gasteiger partial charge is 0.245 e. The fourth-order valence-electron chi connectivity index (χ4n) is 0.761. The van der Waals surface area contributed by atoms with Crippen molar-refractivity contribution in [1.82, 2.24) is 0 Å². The molecule has 0 amide bonds. The first kappa shape index (κ1) is 9.27. The van der Waals surface area contributed by atoms with Gasteiger partial charge < -0.3 is 0 Å². The molecule has 2 nitrogen and oxygen atoms in total. The van der Waals surface area contributed by atoms with Crippen LogP contribution in [0.5, 0.6) is 0 Å². The average Bonchev–Trinajstić information content (AvgIpc) is 2.06. The number of rotatable bonds is 2. The average molecular weight is 202 g/mol. The Bertz CT molecular complexity index is 304. The van der Waals surface area contributed by atoms with Gasteiger partial charge in [-0.15, -0.1) is 0 Å². The lowest BCUT2D eigenvalue weighted by atomic mass is 10.2. The van der Waals surface area contributed by atoms with Gasteiger partial charge in [0, 0.05) is 5.56 Å². The molecule has 4 heteroatoms. The quantitative estimate of drug-likeness (QED) is 0.313. The lowest BCUT2D eigenvalue weighted by Gasteiger charge is -2.11. The van der Waals surface area contributed by atoms with Crippen LogP contribution in [0.1, 0.15) is 5.56 Å². The highest BCUT2D eigenvalue weighted by Crippen LogP contribution is 2.34. The molecule has 0 bridgehead atoms. The molecule has 0 spiro atoms. The minimum absolute atomic E-state index is 0.552. The molecule has 0 heterocycles. The highest BCUT2D eigenvalue weighted by molar-refractivity contribution is 6.48. The van der Waals surface area contributed by atoms with E-state index in [9.17, 15) is 4.79 Å². The zero-order valence-corrected chi connectivity index (χ0v) is 7.51. The van der Waals surface area contributed by atoms with Crippen molar-refractivity contribution >= 4 is 29.3 Å². The minimum Gasteiger partial charge on any atom is -0.211 e. The molecule has 0 saturated heterocycles. The first-order chi connectivity index (χ1) is 5.67. The highest BCUT2D eigenvalue weighted by Gasteiger charge is 2.24. The summed E-state index contributed by atoms with van der Waals surface area (Å²) < 4.78 is -1.51. The van der Waals surface area contributed by atoms with Crippen LogP contribution in [-0.2, 0) is 9.25 Å². The van der Waals surface area contributed by atoms with Crippen LogP contribution >= 0.6 is 23.2 Å². The Labute approximate surface area is 79.8 Å². The molecular formula is C8H5Cl2NO. The number of nitrogens with zero attached hydrogens (tertiary/aromatic N) is 1. The topological polar surface area (TPSA) is 29.4 Å². The SMILES string of the molecule is O=C=NC(Cl)(Cl)c1ccccc1.